The Hall–Kier alpha value is -2.27. The van der Waals surface area contributed by atoms with Crippen molar-refractivity contribution in [3.05, 3.63) is 54.1 Å². The lowest BCUT2D eigenvalue weighted by Gasteiger charge is -2.26. The van der Waals surface area contributed by atoms with Crippen LogP contribution in [-0.2, 0) is 24.8 Å². The fourth-order valence-electron chi connectivity index (χ4n) is 3.31. The van der Waals surface area contributed by atoms with E-state index in [0.717, 1.165) is 24.8 Å². The van der Waals surface area contributed by atoms with E-state index in [2.05, 4.69) is 10.0 Å². The molecule has 1 aliphatic heterocycles. The van der Waals surface area contributed by atoms with Crippen molar-refractivity contribution in [1.29, 1.82) is 0 Å². The second-order valence-corrected chi connectivity index (χ2v) is 11.2. The van der Waals surface area contributed by atoms with Gasteiger partial charge in [-0.15, -0.1) is 0 Å². The number of hydrogen-bond donors (Lipinski definition) is 2. The third-order valence-electron chi connectivity index (χ3n) is 5.05. The maximum absolute atomic E-state index is 12.8. The molecule has 1 saturated heterocycles. The van der Waals surface area contributed by atoms with Crippen LogP contribution in [0.25, 0.3) is 0 Å². The number of rotatable bonds is 8. The molecule has 3 rings (SSSR count). The molecule has 0 radical (unpaired) electrons. The molecule has 8 nitrogen and oxygen atoms in total. The number of aryl methyl sites for hydroxylation is 1. The maximum Gasteiger partial charge on any atom is 0.243 e. The molecule has 0 unspecified atom stereocenters. The predicted octanol–water partition coefficient (Wildman–Crippen LogP) is 2.48. The monoisotopic (exact) mass is 465 g/mol. The number of nitrogens with one attached hydrogen (secondary N) is 2. The second kappa shape index (κ2) is 9.90. The second-order valence-electron chi connectivity index (χ2n) is 7.50. The molecule has 31 heavy (non-hydrogen) atoms. The molecular weight excluding hydrogens is 438 g/mol. The van der Waals surface area contributed by atoms with E-state index in [1.54, 1.807) is 24.3 Å². The van der Waals surface area contributed by atoms with Crippen molar-refractivity contribution >= 4 is 31.6 Å². The number of hydrogen-bond acceptors (Lipinski definition) is 5. The zero-order chi connectivity index (χ0) is 22.5. The fourth-order valence-corrected chi connectivity index (χ4v) is 5.91. The van der Waals surface area contributed by atoms with Gasteiger partial charge < -0.3 is 5.32 Å². The van der Waals surface area contributed by atoms with Crippen molar-refractivity contribution in [3.63, 3.8) is 0 Å². The summed E-state index contributed by atoms with van der Waals surface area (Å²) in [5, 5.41) is 2.63. The topological polar surface area (TPSA) is 113 Å². The van der Waals surface area contributed by atoms with Crippen LogP contribution in [0.4, 0.5) is 5.69 Å². The van der Waals surface area contributed by atoms with Crippen LogP contribution in [0.5, 0.6) is 0 Å². The van der Waals surface area contributed by atoms with Gasteiger partial charge in [0, 0.05) is 31.7 Å². The Morgan fingerprint density at radius 3 is 2.29 bits per heavy atom. The van der Waals surface area contributed by atoms with Crippen molar-refractivity contribution in [3.8, 4) is 0 Å². The highest BCUT2D eigenvalue weighted by Gasteiger charge is 2.26. The number of carbonyl (C=O) groups is 1. The van der Waals surface area contributed by atoms with Crippen molar-refractivity contribution in [2.45, 2.75) is 42.4 Å². The summed E-state index contributed by atoms with van der Waals surface area (Å²) < 4.78 is 54.0. The first-order valence-electron chi connectivity index (χ1n) is 10.1. The van der Waals surface area contributed by atoms with E-state index in [9.17, 15) is 21.6 Å². The molecule has 0 aliphatic carbocycles. The number of carbonyl (C=O) groups excluding carboxylic acids is 1. The van der Waals surface area contributed by atoms with Gasteiger partial charge in [-0.25, -0.2) is 21.6 Å². The van der Waals surface area contributed by atoms with Crippen LogP contribution < -0.4 is 10.0 Å². The average Bonchev–Trinajstić information content (AvgIpc) is 2.75. The summed E-state index contributed by atoms with van der Waals surface area (Å²) in [6.07, 6.45) is 2.62. The first kappa shape index (κ1) is 23.4. The van der Waals surface area contributed by atoms with Gasteiger partial charge in [-0.2, -0.15) is 4.31 Å². The van der Waals surface area contributed by atoms with Crippen molar-refractivity contribution < 1.29 is 21.6 Å². The summed E-state index contributed by atoms with van der Waals surface area (Å²) in [4.78, 5) is 12.5. The van der Waals surface area contributed by atoms with Gasteiger partial charge in [0.2, 0.25) is 26.0 Å². The molecular formula is C21H27N3O5S2. The lowest BCUT2D eigenvalue weighted by molar-refractivity contribution is -0.116. The Balaban J connectivity index is 1.57. The highest BCUT2D eigenvalue weighted by Crippen LogP contribution is 2.23. The van der Waals surface area contributed by atoms with Gasteiger partial charge in [-0.3, -0.25) is 4.79 Å². The predicted molar refractivity (Wildman–Crippen MR) is 119 cm³/mol. The lowest BCUT2D eigenvalue weighted by Crippen LogP contribution is -2.35. The van der Waals surface area contributed by atoms with Gasteiger partial charge in [0.1, 0.15) is 0 Å². The van der Waals surface area contributed by atoms with Crippen LogP contribution in [0, 0.1) is 6.92 Å². The molecule has 1 amide bonds. The van der Waals surface area contributed by atoms with E-state index in [1.807, 2.05) is 6.92 Å². The first-order valence-corrected chi connectivity index (χ1v) is 13.1. The minimum absolute atomic E-state index is 0.0756. The number of piperidine rings is 1. The molecule has 1 fully saturated rings. The highest BCUT2D eigenvalue weighted by atomic mass is 32.2. The molecule has 10 heteroatoms. The van der Waals surface area contributed by atoms with E-state index in [0.29, 0.717) is 18.8 Å². The Kier molecular flexibility index (Phi) is 7.47. The third kappa shape index (κ3) is 6.13. The van der Waals surface area contributed by atoms with Gasteiger partial charge in [0.15, 0.2) is 0 Å². The van der Waals surface area contributed by atoms with E-state index >= 15 is 0 Å². The molecule has 1 heterocycles. The Labute approximate surface area is 183 Å². The van der Waals surface area contributed by atoms with E-state index < -0.39 is 26.0 Å². The van der Waals surface area contributed by atoms with Crippen molar-refractivity contribution in [1.82, 2.24) is 9.03 Å². The highest BCUT2D eigenvalue weighted by molar-refractivity contribution is 7.89. The van der Waals surface area contributed by atoms with Crippen molar-refractivity contribution in [2.24, 2.45) is 0 Å². The van der Waals surface area contributed by atoms with Gasteiger partial charge in [0.25, 0.3) is 0 Å². The SMILES string of the molecule is Cc1ccc(S(=O)(=O)NCCC(=O)Nc2cccc(S(=O)(=O)N3CCCCC3)c2)cc1. The number of benzene rings is 2. The number of anilines is 1. The number of sulfonamides is 2. The molecule has 0 spiro atoms. The Bertz CT molecular complexity index is 1120. The summed E-state index contributed by atoms with van der Waals surface area (Å²) in [6.45, 7) is 2.79. The lowest BCUT2D eigenvalue weighted by atomic mass is 10.2. The molecule has 0 aromatic heterocycles. The minimum Gasteiger partial charge on any atom is -0.326 e. The summed E-state index contributed by atoms with van der Waals surface area (Å²) >= 11 is 0. The van der Waals surface area contributed by atoms with Crippen LogP contribution >= 0.6 is 0 Å². The molecule has 2 aromatic carbocycles. The average molecular weight is 466 g/mol. The van der Waals surface area contributed by atoms with Gasteiger partial charge in [0.05, 0.1) is 9.79 Å². The molecule has 1 aliphatic rings. The summed E-state index contributed by atoms with van der Waals surface area (Å²) in [6, 6.07) is 12.5. The van der Waals surface area contributed by atoms with Crippen molar-refractivity contribution in [2.75, 3.05) is 25.0 Å². The molecule has 2 N–H and O–H groups in total. The zero-order valence-corrected chi connectivity index (χ0v) is 19.0. The van der Waals surface area contributed by atoms with Crippen LogP contribution in [0.3, 0.4) is 0 Å². The number of amides is 1. The minimum atomic E-state index is -3.70. The normalized spacial score (nSPS) is 15.5. The van der Waals surface area contributed by atoms with E-state index in [1.165, 1.54) is 28.6 Å². The third-order valence-corrected chi connectivity index (χ3v) is 8.42. The molecule has 2 aromatic rings. The Morgan fingerprint density at radius 2 is 1.61 bits per heavy atom. The summed E-state index contributed by atoms with van der Waals surface area (Å²) in [5.74, 6) is -0.417. The van der Waals surface area contributed by atoms with E-state index in [-0.39, 0.29) is 22.8 Å². The van der Waals surface area contributed by atoms with E-state index in [4.69, 9.17) is 0 Å². The maximum atomic E-state index is 12.8. The first-order chi connectivity index (χ1) is 14.7. The Morgan fingerprint density at radius 1 is 0.935 bits per heavy atom. The number of nitrogens with zero attached hydrogens (tertiary/aromatic N) is 1. The van der Waals surface area contributed by atoms with Crippen LogP contribution in [0.15, 0.2) is 58.3 Å². The summed E-state index contributed by atoms with van der Waals surface area (Å²) in [5.41, 5.74) is 1.30. The zero-order valence-electron chi connectivity index (χ0n) is 17.4. The largest absolute Gasteiger partial charge is 0.326 e. The van der Waals surface area contributed by atoms with Crippen LogP contribution in [0.1, 0.15) is 31.2 Å². The molecule has 168 valence electrons. The standard InChI is InChI=1S/C21H27N3O5S2/c1-17-8-10-19(11-9-17)30(26,27)22-13-12-21(25)23-18-6-5-7-20(16-18)31(28,29)24-14-3-2-4-15-24/h5-11,16,22H,2-4,12-15H2,1H3,(H,23,25). The summed E-state index contributed by atoms with van der Waals surface area (Å²) in [7, 11) is -7.30. The van der Waals surface area contributed by atoms with Gasteiger partial charge in [-0.1, -0.05) is 30.2 Å². The van der Waals surface area contributed by atoms with Gasteiger partial charge in [-0.05, 0) is 50.1 Å². The smallest absolute Gasteiger partial charge is 0.243 e. The fraction of sp³-hybridized carbons (Fsp3) is 0.381. The molecule has 0 atom stereocenters. The van der Waals surface area contributed by atoms with Crippen LogP contribution in [0.2, 0.25) is 0 Å². The molecule has 0 saturated carbocycles. The molecule has 0 bridgehead atoms. The quantitative estimate of drug-likeness (QED) is 0.622. The van der Waals surface area contributed by atoms with Crippen LogP contribution in [-0.4, -0.2) is 46.7 Å². The van der Waals surface area contributed by atoms with Gasteiger partial charge >= 0.3 is 0 Å².